The fourth-order valence-corrected chi connectivity index (χ4v) is 3.72. The Labute approximate surface area is 167 Å². The van der Waals surface area contributed by atoms with Gasteiger partial charge in [0.05, 0.1) is 29.9 Å². The van der Waals surface area contributed by atoms with Gasteiger partial charge < -0.3 is 19.5 Å². The molecule has 0 saturated heterocycles. The van der Waals surface area contributed by atoms with Crippen molar-refractivity contribution in [2.45, 2.75) is 26.9 Å². The number of benzene rings is 1. The number of rotatable bonds is 7. The van der Waals surface area contributed by atoms with E-state index >= 15 is 0 Å². The van der Waals surface area contributed by atoms with E-state index in [1.54, 1.807) is 13.8 Å². The second-order valence-corrected chi connectivity index (χ2v) is 7.54. The van der Waals surface area contributed by atoms with Gasteiger partial charge in [-0.2, -0.15) is 0 Å². The van der Waals surface area contributed by atoms with Crippen LogP contribution in [0.5, 0.6) is 0 Å². The van der Waals surface area contributed by atoms with E-state index in [0.717, 1.165) is 28.2 Å². The van der Waals surface area contributed by atoms with Crippen LogP contribution < -0.4 is 5.32 Å². The summed E-state index contributed by atoms with van der Waals surface area (Å²) in [5, 5.41) is 3.16. The van der Waals surface area contributed by atoms with Gasteiger partial charge in [0.2, 0.25) is 5.91 Å². The van der Waals surface area contributed by atoms with Crippen LogP contribution in [0.25, 0.3) is 11.0 Å². The molecule has 9 heteroatoms. The smallest absolute Gasteiger partial charge is 0.350 e. The van der Waals surface area contributed by atoms with Crippen LogP contribution in [0, 0.1) is 6.92 Å². The molecule has 1 N–H and O–H groups in total. The van der Waals surface area contributed by atoms with Crippen LogP contribution in [0.4, 0.5) is 5.13 Å². The number of carbonyl (C=O) groups is 2. The molecule has 0 aliphatic heterocycles. The molecule has 1 amide bonds. The van der Waals surface area contributed by atoms with E-state index < -0.39 is 5.97 Å². The SMILES string of the molecule is CCOC(=O)c1sc(NC(=O)Cn2c(CN(C)C)nc3ccccc32)nc1C. The summed E-state index contributed by atoms with van der Waals surface area (Å²) < 4.78 is 6.92. The zero-order chi connectivity index (χ0) is 20.3. The first kappa shape index (κ1) is 20.0. The van der Waals surface area contributed by atoms with Gasteiger partial charge in [-0.25, -0.2) is 14.8 Å². The van der Waals surface area contributed by atoms with Crippen molar-refractivity contribution in [1.82, 2.24) is 19.4 Å². The molecular formula is C19H23N5O3S. The Morgan fingerprint density at radius 1 is 1.25 bits per heavy atom. The minimum Gasteiger partial charge on any atom is -0.462 e. The predicted octanol–water partition coefficient (Wildman–Crippen LogP) is 2.68. The first-order valence-corrected chi connectivity index (χ1v) is 9.74. The van der Waals surface area contributed by atoms with Crippen LogP contribution in [0.15, 0.2) is 24.3 Å². The van der Waals surface area contributed by atoms with Crippen molar-refractivity contribution in [3.8, 4) is 0 Å². The normalized spacial score (nSPS) is 11.2. The molecule has 0 aliphatic carbocycles. The summed E-state index contributed by atoms with van der Waals surface area (Å²) in [6.45, 7) is 4.48. The average Bonchev–Trinajstić information content (AvgIpc) is 3.15. The molecule has 3 rings (SSSR count). The van der Waals surface area contributed by atoms with Gasteiger partial charge in [0.25, 0.3) is 0 Å². The standard InChI is InChI=1S/C19H23N5O3S/c1-5-27-18(26)17-12(2)20-19(28-17)22-16(25)11-24-14-9-7-6-8-13(14)21-15(24)10-23(3)4/h6-9H,5,10-11H2,1-4H3,(H,20,22,25). The highest BCUT2D eigenvalue weighted by molar-refractivity contribution is 7.17. The highest BCUT2D eigenvalue weighted by Gasteiger charge is 2.19. The Bertz CT molecular complexity index is 1010. The fourth-order valence-electron chi connectivity index (χ4n) is 2.84. The summed E-state index contributed by atoms with van der Waals surface area (Å²) in [5.41, 5.74) is 2.29. The molecular weight excluding hydrogens is 378 g/mol. The molecule has 0 spiro atoms. The van der Waals surface area contributed by atoms with E-state index in [1.807, 2.05) is 47.8 Å². The lowest BCUT2D eigenvalue weighted by molar-refractivity contribution is -0.116. The van der Waals surface area contributed by atoms with E-state index in [9.17, 15) is 9.59 Å². The van der Waals surface area contributed by atoms with Crippen molar-refractivity contribution in [3.05, 3.63) is 40.7 Å². The van der Waals surface area contributed by atoms with Crippen molar-refractivity contribution >= 4 is 39.4 Å². The number of amides is 1. The summed E-state index contributed by atoms with van der Waals surface area (Å²) in [6.07, 6.45) is 0. The van der Waals surface area contributed by atoms with Gasteiger partial charge in [-0.15, -0.1) is 0 Å². The summed E-state index contributed by atoms with van der Waals surface area (Å²) in [7, 11) is 3.91. The molecule has 0 fully saturated rings. The molecule has 0 radical (unpaired) electrons. The molecule has 0 saturated carbocycles. The Morgan fingerprint density at radius 3 is 2.71 bits per heavy atom. The summed E-state index contributed by atoms with van der Waals surface area (Å²) >= 11 is 1.12. The van der Waals surface area contributed by atoms with Crippen LogP contribution in [-0.2, 0) is 22.6 Å². The summed E-state index contributed by atoms with van der Waals surface area (Å²) in [6, 6.07) is 7.72. The molecule has 8 nitrogen and oxygen atoms in total. The van der Waals surface area contributed by atoms with Crippen LogP contribution in [0.3, 0.4) is 0 Å². The van der Waals surface area contributed by atoms with Gasteiger partial charge in [-0.05, 0) is 40.1 Å². The maximum Gasteiger partial charge on any atom is 0.350 e. The number of fused-ring (bicyclic) bond motifs is 1. The molecule has 0 bridgehead atoms. The summed E-state index contributed by atoms with van der Waals surface area (Å²) in [4.78, 5) is 35.9. The van der Waals surface area contributed by atoms with Crippen molar-refractivity contribution in [3.63, 3.8) is 0 Å². The van der Waals surface area contributed by atoms with Crippen molar-refractivity contribution in [2.24, 2.45) is 0 Å². The van der Waals surface area contributed by atoms with Crippen LogP contribution in [-0.4, -0.2) is 52.0 Å². The monoisotopic (exact) mass is 401 g/mol. The number of anilines is 1. The van der Waals surface area contributed by atoms with Gasteiger partial charge in [0, 0.05) is 0 Å². The number of hydrogen-bond donors (Lipinski definition) is 1. The molecule has 2 heterocycles. The minimum absolute atomic E-state index is 0.108. The topological polar surface area (TPSA) is 89.4 Å². The minimum atomic E-state index is -0.424. The second kappa shape index (κ2) is 8.49. The fraction of sp³-hybridized carbons (Fsp3) is 0.368. The third-order valence-corrected chi connectivity index (χ3v) is 5.05. The molecule has 0 unspecified atom stereocenters. The lowest BCUT2D eigenvalue weighted by Gasteiger charge is -2.12. The van der Waals surface area contributed by atoms with Gasteiger partial charge in [0.15, 0.2) is 5.13 Å². The first-order chi connectivity index (χ1) is 13.4. The number of hydrogen-bond acceptors (Lipinski definition) is 7. The molecule has 2 aromatic heterocycles. The summed E-state index contributed by atoms with van der Waals surface area (Å²) in [5.74, 6) is 0.156. The van der Waals surface area contributed by atoms with E-state index in [0.29, 0.717) is 28.9 Å². The van der Waals surface area contributed by atoms with E-state index in [1.165, 1.54) is 0 Å². The number of esters is 1. The number of imidazole rings is 1. The maximum absolute atomic E-state index is 12.7. The maximum atomic E-state index is 12.7. The Kier molecular flexibility index (Phi) is 6.05. The Hall–Kier alpha value is -2.78. The Balaban J connectivity index is 1.80. The molecule has 0 atom stereocenters. The van der Waals surface area contributed by atoms with Crippen LogP contribution >= 0.6 is 11.3 Å². The van der Waals surface area contributed by atoms with Gasteiger partial charge >= 0.3 is 5.97 Å². The number of para-hydroxylation sites is 2. The predicted molar refractivity (Wildman–Crippen MR) is 109 cm³/mol. The molecule has 148 valence electrons. The number of thiazole rings is 1. The number of nitrogens with one attached hydrogen (secondary N) is 1. The first-order valence-electron chi connectivity index (χ1n) is 8.92. The highest BCUT2D eigenvalue weighted by Crippen LogP contribution is 2.24. The number of aryl methyl sites for hydroxylation is 1. The number of nitrogens with zero attached hydrogens (tertiary/aromatic N) is 4. The van der Waals surface area contributed by atoms with E-state index in [2.05, 4.69) is 15.3 Å². The molecule has 0 aliphatic rings. The molecule has 3 aromatic rings. The average molecular weight is 401 g/mol. The third-order valence-electron chi connectivity index (χ3n) is 4.00. The Morgan fingerprint density at radius 2 is 2.00 bits per heavy atom. The quantitative estimate of drug-likeness (QED) is 0.612. The van der Waals surface area contributed by atoms with Crippen molar-refractivity contribution in [1.29, 1.82) is 0 Å². The zero-order valence-electron chi connectivity index (χ0n) is 16.4. The lowest BCUT2D eigenvalue weighted by atomic mass is 10.3. The van der Waals surface area contributed by atoms with Crippen LogP contribution in [0.2, 0.25) is 0 Å². The third kappa shape index (κ3) is 4.37. The molecule has 1 aromatic carbocycles. The van der Waals surface area contributed by atoms with E-state index in [4.69, 9.17) is 4.74 Å². The second-order valence-electron chi connectivity index (χ2n) is 6.54. The van der Waals surface area contributed by atoms with Crippen molar-refractivity contribution < 1.29 is 14.3 Å². The van der Waals surface area contributed by atoms with Gasteiger partial charge in [0.1, 0.15) is 17.2 Å². The zero-order valence-corrected chi connectivity index (χ0v) is 17.2. The van der Waals surface area contributed by atoms with Gasteiger partial charge in [-0.1, -0.05) is 23.5 Å². The highest BCUT2D eigenvalue weighted by atomic mass is 32.1. The van der Waals surface area contributed by atoms with Gasteiger partial charge in [-0.3, -0.25) is 4.79 Å². The number of aromatic nitrogens is 3. The number of ether oxygens (including phenoxy) is 1. The molecule has 28 heavy (non-hydrogen) atoms. The van der Waals surface area contributed by atoms with Crippen LogP contribution in [0.1, 0.15) is 28.1 Å². The lowest BCUT2D eigenvalue weighted by Crippen LogP contribution is -2.22. The van der Waals surface area contributed by atoms with E-state index in [-0.39, 0.29) is 12.5 Å². The largest absolute Gasteiger partial charge is 0.462 e. The van der Waals surface area contributed by atoms with Crippen molar-refractivity contribution in [2.75, 3.05) is 26.0 Å². The number of carbonyl (C=O) groups excluding carboxylic acids is 2.